The Kier molecular flexibility index (Phi) is 8.34. The summed E-state index contributed by atoms with van der Waals surface area (Å²) in [4.78, 5) is 57.0. The van der Waals surface area contributed by atoms with E-state index in [1.807, 2.05) is 68.4 Å². The average molecular weight is 821 g/mol. The van der Waals surface area contributed by atoms with Crippen molar-refractivity contribution in [3.8, 4) is 39.8 Å². The van der Waals surface area contributed by atoms with Crippen LogP contribution in [0.5, 0.6) is 5.75 Å². The van der Waals surface area contributed by atoms with Crippen LogP contribution < -0.4 is 20.7 Å². The summed E-state index contributed by atoms with van der Waals surface area (Å²) >= 11 is 0. The predicted molar refractivity (Wildman–Crippen MR) is 213 cm³/mol. The Hall–Kier alpha value is -5.77. The fourth-order valence-corrected chi connectivity index (χ4v) is 9.40. The van der Waals surface area contributed by atoms with Crippen molar-refractivity contribution >= 4 is 36.2 Å². The third kappa shape index (κ3) is 5.54. The molecule has 59 heavy (non-hydrogen) atoms. The number of nitrogens with zero attached hydrogens (tertiary/aromatic N) is 3. The number of phosphoric acid groups is 1. The number of oxazole rings is 2. The van der Waals surface area contributed by atoms with E-state index in [0.29, 0.717) is 28.4 Å². The lowest BCUT2D eigenvalue weighted by Crippen LogP contribution is -2.55. The Morgan fingerprint density at radius 2 is 1.85 bits per heavy atom. The monoisotopic (exact) mass is 820 g/mol. The first-order valence-electron chi connectivity index (χ1n) is 19.6. The Bertz CT molecular complexity index is 2780. The lowest BCUT2D eigenvalue weighted by atomic mass is 9.72. The van der Waals surface area contributed by atoms with Crippen LogP contribution in [0.25, 0.3) is 44.9 Å². The van der Waals surface area contributed by atoms with Crippen LogP contribution in [0.15, 0.2) is 75.8 Å². The van der Waals surface area contributed by atoms with Crippen LogP contribution in [0.2, 0.25) is 0 Å². The maximum absolute atomic E-state index is 14.3. The molecular weight excluding hydrogens is 779 g/mol. The first-order valence-corrected chi connectivity index (χ1v) is 21.1. The molecule has 3 aromatic carbocycles. The van der Waals surface area contributed by atoms with Crippen molar-refractivity contribution in [2.45, 2.75) is 83.0 Å². The number of carbonyl (C=O) groups excluding carboxylic acids is 2. The normalized spacial score (nSPS) is 21.3. The highest BCUT2D eigenvalue weighted by atomic mass is 31.2. The molecule has 0 aliphatic carbocycles. The predicted octanol–water partition coefficient (Wildman–Crippen LogP) is 5.88. The molecule has 0 radical (unpaired) electrons. The van der Waals surface area contributed by atoms with Crippen molar-refractivity contribution in [3.63, 3.8) is 0 Å². The minimum absolute atomic E-state index is 0.107. The molecule has 4 atom stereocenters. The molecule has 2 amide bonds. The minimum atomic E-state index is -4.82. The molecule has 16 nitrogen and oxygen atoms in total. The summed E-state index contributed by atoms with van der Waals surface area (Å²) in [6, 6.07) is 15.5. The number of hydrogen-bond donors (Lipinski definition) is 6. The topological polar surface area (TPSA) is 223 Å². The number of fused-ring (bicyclic) bond motifs is 7. The number of aliphatic hydroxyl groups is 1. The first kappa shape index (κ1) is 37.5. The van der Waals surface area contributed by atoms with E-state index >= 15 is 0 Å². The zero-order chi connectivity index (χ0) is 41.2. The van der Waals surface area contributed by atoms with Gasteiger partial charge in [0.1, 0.15) is 35.6 Å². The number of phosphoric ester groups is 1. The van der Waals surface area contributed by atoms with Crippen LogP contribution in [-0.4, -0.2) is 59.1 Å². The number of benzene rings is 3. The molecule has 1 spiro atoms. The van der Waals surface area contributed by atoms with Crippen LogP contribution in [-0.2, 0) is 37.2 Å². The van der Waals surface area contributed by atoms with E-state index in [9.17, 15) is 29.0 Å². The number of nitrogens with one attached hydrogen (secondary N) is 3. The number of para-hydroxylation sites is 1. The minimum Gasteiger partial charge on any atom is -0.469 e. The maximum atomic E-state index is 14.3. The van der Waals surface area contributed by atoms with Crippen LogP contribution in [0.1, 0.15) is 74.9 Å². The van der Waals surface area contributed by atoms with E-state index in [4.69, 9.17) is 28.1 Å². The number of anilines is 1. The fourth-order valence-electron chi connectivity index (χ4n) is 9.13. The van der Waals surface area contributed by atoms with E-state index in [1.165, 1.54) is 0 Å². The highest BCUT2D eigenvalue weighted by molar-refractivity contribution is 7.46. The Morgan fingerprint density at radius 1 is 1.07 bits per heavy atom. The lowest BCUT2D eigenvalue weighted by molar-refractivity contribution is -0.143. The summed E-state index contributed by atoms with van der Waals surface area (Å²) in [5.41, 5.74) is 3.34. The average Bonchev–Trinajstić information content (AvgIpc) is 4.04. The van der Waals surface area contributed by atoms with Gasteiger partial charge in [0.2, 0.25) is 17.7 Å². The van der Waals surface area contributed by atoms with Gasteiger partial charge >= 0.3 is 7.82 Å². The van der Waals surface area contributed by atoms with Gasteiger partial charge in [-0.15, -0.1) is 0 Å². The highest BCUT2D eigenvalue weighted by Gasteiger charge is 2.61. The zero-order valence-electron chi connectivity index (χ0n) is 32.5. The van der Waals surface area contributed by atoms with Gasteiger partial charge in [0, 0.05) is 45.9 Å². The summed E-state index contributed by atoms with van der Waals surface area (Å²) in [6.45, 7) is 6.87. The molecule has 17 heteroatoms. The molecule has 6 N–H and O–H groups in total. The molecule has 4 aliphatic heterocycles. The quantitative estimate of drug-likeness (QED) is 0.0989. The van der Waals surface area contributed by atoms with Gasteiger partial charge in [0.05, 0.1) is 11.7 Å². The fraction of sp³-hybridized carbons (Fsp3) is 0.333. The molecule has 10 bridgehead atoms. The molecule has 6 aromatic rings. The van der Waals surface area contributed by atoms with E-state index in [-0.39, 0.29) is 42.7 Å². The van der Waals surface area contributed by atoms with Crippen LogP contribution in [0.3, 0.4) is 0 Å². The van der Waals surface area contributed by atoms with Gasteiger partial charge in [0.25, 0.3) is 5.91 Å². The van der Waals surface area contributed by atoms with Gasteiger partial charge in [-0.25, -0.2) is 14.5 Å². The van der Waals surface area contributed by atoms with Crippen LogP contribution in [0, 0.1) is 5.92 Å². The van der Waals surface area contributed by atoms with E-state index in [1.54, 1.807) is 30.8 Å². The van der Waals surface area contributed by atoms with Gasteiger partial charge < -0.3 is 49.0 Å². The molecule has 3 aromatic heterocycles. The number of hydrogen-bond acceptors (Lipinski definition) is 11. The molecule has 0 fully saturated rings. The van der Waals surface area contributed by atoms with Crippen molar-refractivity contribution < 1.29 is 47.1 Å². The third-order valence-electron chi connectivity index (χ3n) is 12.3. The van der Waals surface area contributed by atoms with Gasteiger partial charge in [-0.2, -0.15) is 0 Å². The third-order valence-corrected chi connectivity index (χ3v) is 12.7. The number of amides is 2. The van der Waals surface area contributed by atoms with E-state index in [0.717, 1.165) is 38.9 Å². The summed E-state index contributed by atoms with van der Waals surface area (Å²) in [7, 11) is -4.82. The highest BCUT2D eigenvalue weighted by Crippen LogP contribution is 2.61. The molecular formula is C42H41N6O10P. The lowest BCUT2D eigenvalue weighted by Gasteiger charge is -2.30. The zero-order valence-corrected chi connectivity index (χ0v) is 33.4. The maximum Gasteiger partial charge on any atom is 0.471 e. The Morgan fingerprint density at radius 3 is 2.61 bits per heavy atom. The number of carbonyl (C=O) groups is 2. The summed E-state index contributed by atoms with van der Waals surface area (Å²) in [6.07, 6.45) is 2.97. The van der Waals surface area contributed by atoms with Gasteiger partial charge in [-0.1, -0.05) is 70.2 Å². The van der Waals surface area contributed by atoms with Crippen molar-refractivity contribution in [2.24, 2.45) is 5.92 Å². The van der Waals surface area contributed by atoms with Crippen LogP contribution >= 0.6 is 7.82 Å². The second-order valence-electron chi connectivity index (χ2n) is 15.9. The molecule has 304 valence electrons. The van der Waals surface area contributed by atoms with Crippen LogP contribution in [0.4, 0.5) is 5.69 Å². The van der Waals surface area contributed by atoms with Crippen molar-refractivity contribution in [3.05, 3.63) is 95.3 Å². The van der Waals surface area contributed by atoms with Gasteiger partial charge in [0.15, 0.2) is 23.4 Å². The Labute approximate surface area is 337 Å². The van der Waals surface area contributed by atoms with E-state index < -0.39 is 55.7 Å². The summed E-state index contributed by atoms with van der Waals surface area (Å²) in [5, 5.41) is 21.6. The number of aromatic nitrogens is 3. The van der Waals surface area contributed by atoms with Crippen molar-refractivity contribution in [2.75, 3.05) is 5.32 Å². The molecule has 0 saturated heterocycles. The van der Waals surface area contributed by atoms with Crippen molar-refractivity contribution in [1.29, 1.82) is 0 Å². The van der Waals surface area contributed by atoms with Gasteiger partial charge in [-0.05, 0) is 42.0 Å². The molecule has 4 aliphatic rings. The van der Waals surface area contributed by atoms with Gasteiger partial charge in [-0.3, -0.25) is 14.1 Å². The second-order valence-corrected chi connectivity index (χ2v) is 17.2. The van der Waals surface area contributed by atoms with Crippen molar-refractivity contribution in [1.82, 2.24) is 25.2 Å². The molecule has 10 rings (SSSR count). The summed E-state index contributed by atoms with van der Waals surface area (Å²) in [5.74, 6) is 0.276. The first-order chi connectivity index (χ1) is 28.2. The second kappa shape index (κ2) is 13.1. The smallest absolute Gasteiger partial charge is 0.469 e. The summed E-state index contributed by atoms with van der Waals surface area (Å²) < 4.78 is 38.8. The molecule has 7 heterocycles. The SMILES string of the molecule is CCC(O)(CC)C(=O)N[C@H]1Cc2ccc3c(c2)C24c5cccc(c5NC2O3)-c2cccc3c2c(cn3COP(=O)(O)O)-c2cnc(o2)-c2nc(oc24)[C@H](C(C)C)NC1=O. The Balaban J connectivity index is 1.25. The largest absolute Gasteiger partial charge is 0.471 e. The number of rotatable bonds is 8. The number of ether oxygens (including phenoxy) is 1. The molecule has 2 unspecified atom stereocenters. The molecule has 0 saturated carbocycles. The standard InChI is InChI=1S/C42H41N6O10P/c1-5-41(51,6-2)39(50)44-27-16-21-13-14-29-26(15-21)42-25-11-7-10-23(33(25)47-40(42)57-29)22-9-8-12-28-31(22)24(18-48(28)19-55-59(52,53)54)30-17-43-37(56-30)34-35(42)58-38(46-34)32(20(3)4)45-36(27)49/h7-15,17-18,20,27,32,40,47,51H,5-6,16,19H2,1-4H3,(H,44,50)(H,45,49)(H2,52,53,54)/t27-,32-,40?,42?/m0/s1. The van der Waals surface area contributed by atoms with E-state index in [2.05, 4.69) is 16.0 Å².